The molecule has 29 heavy (non-hydrogen) atoms. The summed E-state index contributed by atoms with van der Waals surface area (Å²) >= 11 is 1.21. The maximum atomic E-state index is 12.7. The average Bonchev–Trinajstić information content (AvgIpc) is 3.44. The summed E-state index contributed by atoms with van der Waals surface area (Å²) in [6.07, 6.45) is 6.31. The first-order valence-corrected chi connectivity index (χ1v) is 12.5. The van der Waals surface area contributed by atoms with Gasteiger partial charge < -0.3 is 10.1 Å². The van der Waals surface area contributed by atoms with E-state index in [0.29, 0.717) is 35.4 Å². The van der Waals surface area contributed by atoms with E-state index in [1.807, 2.05) is 24.3 Å². The highest BCUT2D eigenvalue weighted by molar-refractivity contribution is 7.91. The van der Waals surface area contributed by atoms with E-state index < -0.39 is 10.0 Å². The zero-order chi connectivity index (χ0) is 20.3. The van der Waals surface area contributed by atoms with Gasteiger partial charge in [-0.05, 0) is 74.2 Å². The second-order valence-corrected chi connectivity index (χ2v) is 10.8. The van der Waals surface area contributed by atoms with Gasteiger partial charge in [-0.3, -0.25) is 4.79 Å². The fraction of sp³-hybridized carbons (Fsp3) is 0.476. The van der Waals surface area contributed by atoms with Gasteiger partial charge in [-0.2, -0.15) is 4.31 Å². The molecule has 1 saturated heterocycles. The number of rotatable bonds is 6. The molecule has 2 heterocycles. The van der Waals surface area contributed by atoms with Crippen molar-refractivity contribution in [3.63, 3.8) is 0 Å². The molecule has 2 aliphatic rings. The number of nitrogens with zero attached hydrogens (tertiary/aromatic N) is 1. The van der Waals surface area contributed by atoms with Crippen LogP contribution in [0.5, 0.6) is 5.75 Å². The normalized spacial score (nSPS) is 21.2. The monoisotopic (exact) mass is 434 g/mol. The highest BCUT2D eigenvalue weighted by atomic mass is 32.2. The second-order valence-electron chi connectivity index (χ2n) is 7.67. The molecular weight excluding hydrogens is 408 g/mol. The van der Waals surface area contributed by atoms with Gasteiger partial charge in [-0.15, -0.1) is 11.3 Å². The molecule has 1 aromatic carbocycles. The Balaban J connectivity index is 1.35. The van der Waals surface area contributed by atoms with Crippen molar-refractivity contribution in [3.05, 3.63) is 41.8 Å². The number of carbonyl (C=O) groups is 1. The van der Waals surface area contributed by atoms with E-state index in [1.54, 1.807) is 17.5 Å². The van der Waals surface area contributed by atoms with Crippen LogP contribution in [0.2, 0.25) is 0 Å². The molecule has 0 radical (unpaired) electrons. The van der Waals surface area contributed by atoms with Gasteiger partial charge >= 0.3 is 0 Å². The van der Waals surface area contributed by atoms with Gasteiger partial charge in [-0.1, -0.05) is 6.07 Å². The molecule has 1 aliphatic carbocycles. The molecule has 1 aliphatic heterocycles. The number of sulfonamides is 1. The predicted molar refractivity (Wildman–Crippen MR) is 114 cm³/mol. The summed E-state index contributed by atoms with van der Waals surface area (Å²) in [7, 11) is -3.52. The number of nitrogens with one attached hydrogen (secondary N) is 1. The van der Waals surface area contributed by atoms with E-state index in [4.69, 9.17) is 4.74 Å². The lowest BCUT2D eigenvalue weighted by molar-refractivity contribution is -0.120. The van der Waals surface area contributed by atoms with Crippen molar-refractivity contribution in [1.82, 2.24) is 4.31 Å². The lowest BCUT2D eigenvalue weighted by Gasteiger charge is -2.30. The quantitative estimate of drug-likeness (QED) is 0.742. The number of hydrogen-bond acceptors (Lipinski definition) is 5. The molecule has 2 fully saturated rings. The van der Waals surface area contributed by atoms with Crippen molar-refractivity contribution >= 4 is 33.0 Å². The number of carbonyl (C=O) groups excluding carboxylic acids is 1. The lowest BCUT2D eigenvalue weighted by Crippen LogP contribution is -2.43. The minimum absolute atomic E-state index is 0.138. The van der Waals surface area contributed by atoms with Crippen molar-refractivity contribution in [1.29, 1.82) is 0 Å². The summed E-state index contributed by atoms with van der Waals surface area (Å²) in [6, 6.07) is 10.8. The van der Waals surface area contributed by atoms with Crippen molar-refractivity contribution in [3.8, 4) is 5.75 Å². The summed E-state index contributed by atoms with van der Waals surface area (Å²) in [5.41, 5.74) is 0.701. The third-order valence-electron chi connectivity index (χ3n) is 5.57. The SMILES string of the molecule is O=C(Nc1ccc(OC2CCCC2)cc1)[C@@H]1CCCN(S(=O)(=O)c2cccs2)C1. The first-order chi connectivity index (χ1) is 14.0. The van der Waals surface area contributed by atoms with E-state index in [0.717, 1.165) is 18.6 Å². The van der Waals surface area contributed by atoms with Gasteiger partial charge in [0.15, 0.2) is 0 Å². The number of ether oxygens (including phenoxy) is 1. The Morgan fingerprint density at radius 1 is 1.07 bits per heavy atom. The van der Waals surface area contributed by atoms with Gasteiger partial charge in [-0.25, -0.2) is 8.42 Å². The van der Waals surface area contributed by atoms with Crippen LogP contribution in [0.4, 0.5) is 5.69 Å². The first-order valence-electron chi connectivity index (χ1n) is 10.1. The van der Waals surface area contributed by atoms with Gasteiger partial charge in [0.2, 0.25) is 5.91 Å². The maximum Gasteiger partial charge on any atom is 0.252 e. The highest BCUT2D eigenvalue weighted by Gasteiger charge is 2.33. The minimum atomic E-state index is -3.52. The van der Waals surface area contributed by atoms with Crippen LogP contribution in [0, 0.1) is 5.92 Å². The smallest absolute Gasteiger partial charge is 0.252 e. The fourth-order valence-electron chi connectivity index (χ4n) is 3.97. The van der Waals surface area contributed by atoms with Crippen LogP contribution in [0.3, 0.4) is 0 Å². The highest BCUT2D eigenvalue weighted by Crippen LogP contribution is 2.28. The van der Waals surface area contributed by atoms with Crippen molar-refractivity contribution in [2.75, 3.05) is 18.4 Å². The van der Waals surface area contributed by atoms with Crippen LogP contribution in [0.1, 0.15) is 38.5 Å². The van der Waals surface area contributed by atoms with Crippen molar-refractivity contribution in [2.45, 2.75) is 48.8 Å². The zero-order valence-electron chi connectivity index (χ0n) is 16.2. The second kappa shape index (κ2) is 8.85. The Morgan fingerprint density at radius 2 is 1.83 bits per heavy atom. The standard InChI is InChI=1S/C21H26N2O4S2/c24-21(22-17-9-11-19(12-10-17)27-18-6-1-2-7-18)16-5-3-13-23(15-16)29(25,26)20-8-4-14-28-20/h4,8-12,14,16,18H,1-3,5-7,13,15H2,(H,22,24)/t16-/m1/s1. The largest absolute Gasteiger partial charge is 0.490 e. The number of anilines is 1. The fourth-order valence-corrected chi connectivity index (χ4v) is 6.64. The molecule has 4 rings (SSSR count). The molecule has 1 saturated carbocycles. The van der Waals surface area contributed by atoms with E-state index >= 15 is 0 Å². The minimum Gasteiger partial charge on any atom is -0.490 e. The summed E-state index contributed by atoms with van der Waals surface area (Å²) < 4.78 is 33.2. The predicted octanol–water partition coefficient (Wildman–Crippen LogP) is 4.11. The van der Waals surface area contributed by atoms with Crippen LogP contribution >= 0.6 is 11.3 Å². The molecule has 0 bridgehead atoms. The van der Waals surface area contributed by atoms with E-state index in [-0.39, 0.29) is 18.4 Å². The summed E-state index contributed by atoms with van der Waals surface area (Å²) in [4.78, 5) is 12.7. The topological polar surface area (TPSA) is 75.7 Å². The van der Waals surface area contributed by atoms with Crippen LogP contribution < -0.4 is 10.1 Å². The Labute approximate surface area is 175 Å². The van der Waals surface area contributed by atoms with E-state index in [1.165, 1.54) is 28.5 Å². The molecule has 1 N–H and O–H groups in total. The van der Waals surface area contributed by atoms with E-state index in [9.17, 15) is 13.2 Å². The molecule has 0 spiro atoms. The summed E-state index contributed by atoms with van der Waals surface area (Å²) in [5, 5.41) is 4.68. The lowest BCUT2D eigenvalue weighted by atomic mass is 9.99. The van der Waals surface area contributed by atoms with Crippen LogP contribution in [0.15, 0.2) is 46.0 Å². The molecule has 1 amide bonds. The average molecular weight is 435 g/mol. The van der Waals surface area contributed by atoms with Crippen LogP contribution in [-0.2, 0) is 14.8 Å². The van der Waals surface area contributed by atoms with Crippen LogP contribution in [0.25, 0.3) is 0 Å². The molecule has 8 heteroatoms. The number of thiophene rings is 1. The molecular formula is C21H26N2O4S2. The van der Waals surface area contributed by atoms with E-state index in [2.05, 4.69) is 5.32 Å². The van der Waals surface area contributed by atoms with Crippen molar-refractivity contribution in [2.24, 2.45) is 5.92 Å². The number of piperidine rings is 1. The number of hydrogen-bond donors (Lipinski definition) is 1. The Hall–Kier alpha value is -1.90. The summed E-state index contributed by atoms with van der Waals surface area (Å²) in [5.74, 6) is 0.328. The Kier molecular flexibility index (Phi) is 6.22. The first kappa shape index (κ1) is 20.4. The Bertz CT molecular complexity index is 920. The summed E-state index contributed by atoms with van der Waals surface area (Å²) in [6.45, 7) is 0.673. The number of benzene rings is 1. The third-order valence-corrected chi connectivity index (χ3v) is 8.81. The molecule has 156 valence electrons. The van der Waals surface area contributed by atoms with Gasteiger partial charge in [0.1, 0.15) is 9.96 Å². The molecule has 2 aromatic rings. The zero-order valence-corrected chi connectivity index (χ0v) is 17.9. The van der Waals surface area contributed by atoms with Gasteiger partial charge in [0.05, 0.1) is 12.0 Å². The van der Waals surface area contributed by atoms with Gasteiger partial charge in [0.25, 0.3) is 10.0 Å². The third kappa shape index (κ3) is 4.82. The Morgan fingerprint density at radius 3 is 2.52 bits per heavy atom. The number of amides is 1. The van der Waals surface area contributed by atoms with Crippen molar-refractivity contribution < 1.29 is 17.9 Å². The van der Waals surface area contributed by atoms with Gasteiger partial charge in [0, 0.05) is 18.8 Å². The maximum absolute atomic E-state index is 12.7. The molecule has 0 unspecified atom stereocenters. The molecule has 6 nitrogen and oxygen atoms in total. The molecule has 1 aromatic heterocycles. The molecule has 1 atom stereocenters. The van der Waals surface area contributed by atoms with Crippen LogP contribution in [-0.4, -0.2) is 37.8 Å².